The fraction of sp³-hybridized carbons (Fsp3) is 0.900. The molecule has 1 rings (SSSR count). The van der Waals surface area contributed by atoms with E-state index in [4.69, 9.17) is 15.9 Å². The van der Waals surface area contributed by atoms with Crippen LogP contribution >= 0.6 is 0 Å². The molecule has 0 amide bonds. The van der Waals surface area contributed by atoms with Crippen LogP contribution in [0.3, 0.4) is 0 Å². The van der Waals surface area contributed by atoms with Crippen LogP contribution in [0.25, 0.3) is 0 Å². The summed E-state index contributed by atoms with van der Waals surface area (Å²) in [5, 5.41) is 7.51. The Morgan fingerprint density at radius 3 is 2.71 bits per heavy atom. The highest BCUT2D eigenvalue weighted by Gasteiger charge is 2.31. The van der Waals surface area contributed by atoms with Crippen molar-refractivity contribution in [1.29, 1.82) is 5.41 Å². The molecule has 1 fully saturated rings. The van der Waals surface area contributed by atoms with Crippen molar-refractivity contribution in [2.24, 2.45) is 5.73 Å². The molecule has 0 bridgehead atoms. The maximum atomic E-state index is 7.51. The van der Waals surface area contributed by atoms with E-state index >= 15 is 0 Å². The Morgan fingerprint density at radius 1 is 1.71 bits per heavy atom. The van der Waals surface area contributed by atoms with Crippen LogP contribution in [0.1, 0.15) is 26.7 Å². The predicted octanol–water partition coefficient (Wildman–Crippen LogP) is 0.810. The van der Waals surface area contributed by atoms with Gasteiger partial charge in [0.15, 0.2) is 0 Å². The van der Waals surface area contributed by atoms with Crippen LogP contribution in [0.5, 0.6) is 0 Å². The molecule has 14 heavy (non-hydrogen) atoms. The van der Waals surface area contributed by atoms with Gasteiger partial charge in [0.25, 0.3) is 0 Å². The number of rotatable bonds is 4. The Hall–Kier alpha value is -0.610. The Balaban J connectivity index is 2.61. The van der Waals surface area contributed by atoms with Crippen molar-refractivity contribution in [2.45, 2.75) is 44.9 Å². The average molecular weight is 199 g/mol. The number of ether oxygens (including phenoxy) is 1. The quantitative estimate of drug-likeness (QED) is 0.520. The van der Waals surface area contributed by atoms with E-state index in [1.165, 1.54) is 0 Å². The van der Waals surface area contributed by atoms with Gasteiger partial charge in [-0.15, -0.1) is 0 Å². The second-order valence-corrected chi connectivity index (χ2v) is 3.98. The molecule has 1 aliphatic heterocycles. The highest BCUT2D eigenvalue weighted by Crippen LogP contribution is 2.20. The lowest BCUT2D eigenvalue weighted by molar-refractivity contribution is 0.0768. The number of nitrogens with one attached hydrogen (secondary N) is 1. The van der Waals surface area contributed by atoms with Crippen molar-refractivity contribution >= 4 is 5.84 Å². The monoisotopic (exact) mass is 199 g/mol. The van der Waals surface area contributed by atoms with Gasteiger partial charge in [-0.25, -0.2) is 0 Å². The third-order valence-corrected chi connectivity index (χ3v) is 3.10. The number of nitrogens with zero attached hydrogens (tertiary/aromatic N) is 1. The van der Waals surface area contributed by atoms with Crippen LogP contribution < -0.4 is 5.73 Å². The van der Waals surface area contributed by atoms with Gasteiger partial charge in [0.2, 0.25) is 0 Å². The molecule has 0 aromatic carbocycles. The standard InChI is InChI=1S/C10H21N3O/c1-4-8(10(11)12)13(3)9-5-6-14-7(9)2/h7-9H,4-6H2,1-3H3,(H3,11,12). The summed E-state index contributed by atoms with van der Waals surface area (Å²) >= 11 is 0. The minimum absolute atomic E-state index is 0.0594. The minimum Gasteiger partial charge on any atom is -0.386 e. The van der Waals surface area contributed by atoms with Crippen LogP contribution in [0.4, 0.5) is 0 Å². The van der Waals surface area contributed by atoms with E-state index in [1.54, 1.807) is 0 Å². The summed E-state index contributed by atoms with van der Waals surface area (Å²) in [6.07, 6.45) is 2.18. The van der Waals surface area contributed by atoms with Gasteiger partial charge < -0.3 is 10.5 Å². The summed E-state index contributed by atoms with van der Waals surface area (Å²) in [7, 11) is 2.03. The Bertz CT molecular complexity index is 208. The van der Waals surface area contributed by atoms with Crippen LogP contribution in [0.15, 0.2) is 0 Å². The molecule has 0 aromatic heterocycles. The predicted molar refractivity (Wildman–Crippen MR) is 57.6 cm³/mol. The third-order valence-electron chi connectivity index (χ3n) is 3.10. The molecule has 1 heterocycles. The first kappa shape index (κ1) is 11.5. The second kappa shape index (κ2) is 4.75. The van der Waals surface area contributed by atoms with Gasteiger partial charge in [0, 0.05) is 12.6 Å². The molecular formula is C10H21N3O. The summed E-state index contributed by atoms with van der Waals surface area (Å²) < 4.78 is 5.51. The summed E-state index contributed by atoms with van der Waals surface area (Å²) in [5.41, 5.74) is 5.56. The summed E-state index contributed by atoms with van der Waals surface area (Å²) in [6, 6.07) is 0.466. The molecule has 0 aromatic rings. The van der Waals surface area contributed by atoms with E-state index in [9.17, 15) is 0 Å². The first-order valence-corrected chi connectivity index (χ1v) is 5.25. The van der Waals surface area contributed by atoms with Crippen molar-refractivity contribution < 1.29 is 4.74 Å². The van der Waals surface area contributed by atoms with E-state index in [1.807, 2.05) is 7.05 Å². The largest absolute Gasteiger partial charge is 0.386 e. The van der Waals surface area contributed by atoms with Gasteiger partial charge >= 0.3 is 0 Å². The van der Waals surface area contributed by atoms with Gasteiger partial charge in [0.05, 0.1) is 12.1 Å². The molecule has 4 heteroatoms. The molecule has 0 radical (unpaired) electrons. The first-order valence-electron chi connectivity index (χ1n) is 5.25. The minimum atomic E-state index is 0.0594. The molecule has 3 atom stereocenters. The van der Waals surface area contributed by atoms with Gasteiger partial charge in [-0.05, 0) is 26.8 Å². The van der Waals surface area contributed by atoms with Crippen LogP contribution in [0, 0.1) is 5.41 Å². The molecular weight excluding hydrogens is 178 g/mol. The Labute approximate surface area is 85.9 Å². The molecule has 0 aliphatic carbocycles. The Kier molecular flexibility index (Phi) is 3.89. The topological polar surface area (TPSA) is 62.3 Å². The maximum Gasteiger partial charge on any atom is 0.108 e. The lowest BCUT2D eigenvalue weighted by Crippen LogP contribution is -2.49. The lowest BCUT2D eigenvalue weighted by Gasteiger charge is -2.33. The molecule has 1 saturated heterocycles. The van der Waals surface area contributed by atoms with Gasteiger partial charge in [0.1, 0.15) is 5.84 Å². The number of nitrogens with two attached hydrogens (primary N) is 1. The fourth-order valence-corrected chi connectivity index (χ4v) is 2.21. The second-order valence-electron chi connectivity index (χ2n) is 3.98. The number of hydrogen-bond acceptors (Lipinski definition) is 3. The zero-order valence-corrected chi connectivity index (χ0v) is 9.29. The number of likely N-dealkylation sites (N-methyl/N-ethyl adjacent to an activating group) is 1. The summed E-state index contributed by atoms with van der Waals surface area (Å²) in [4.78, 5) is 2.18. The van der Waals surface area contributed by atoms with Crippen LogP contribution in [0.2, 0.25) is 0 Å². The Morgan fingerprint density at radius 2 is 2.36 bits per heavy atom. The number of hydrogen-bond donors (Lipinski definition) is 2. The molecule has 82 valence electrons. The molecule has 3 N–H and O–H groups in total. The summed E-state index contributed by atoms with van der Waals surface area (Å²) in [6.45, 7) is 4.97. The summed E-state index contributed by atoms with van der Waals surface area (Å²) in [5.74, 6) is 0.258. The van der Waals surface area contributed by atoms with E-state index in [2.05, 4.69) is 18.7 Å². The van der Waals surface area contributed by atoms with Crippen molar-refractivity contribution in [3.63, 3.8) is 0 Å². The SMILES string of the molecule is CCC(C(=N)N)N(C)C1CCOC1C. The highest BCUT2D eigenvalue weighted by molar-refractivity contribution is 5.82. The molecule has 1 aliphatic rings. The fourth-order valence-electron chi connectivity index (χ4n) is 2.21. The maximum absolute atomic E-state index is 7.51. The normalized spacial score (nSPS) is 29.4. The van der Waals surface area contributed by atoms with Crippen molar-refractivity contribution in [3.05, 3.63) is 0 Å². The smallest absolute Gasteiger partial charge is 0.108 e. The lowest BCUT2D eigenvalue weighted by atomic mass is 10.1. The zero-order valence-electron chi connectivity index (χ0n) is 9.29. The highest BCUT2D eigenvalue weighted by atomic mass is 16.5. The van der Waals surface area contributed by atoms with Crippen molar-refractivity contribution in [3.8, 4) is 0 Å². The third kappa shape index (κ3) is 2.25. The van der Waals surface area contributed by atoms with E-state index in [0.717, 1.165) is 19.4 Å². The van der Waals surface area contributed by atoms with Crippen molar-refractivity contribution in [2.75, 3.05) is 13.7 Å². The van der Waals surface area contributed by atoms with E-state index < -0.39 is 0 Å². The molecule has 4 nitrogen and oxygen atoms in total. The van der Waals surface area contributed by atoms with Crippen molar-refractivity contribution in [1.82, 2.24) is 4.90 Å². The van der Waals surface area contributed by atoms with Gasteiger partial charge in [-0.1, -0.05) is 6.92 Å². The van der Waals surface area contributed by atoms with Gasteiger partial charge in [-0.3, -0.25) is 10.3 Å². The average Bonchev–Trinajstić information content (AvgIpc) is 2.51. The zero-order chi connectivity index (χ0) is 10.7. The molecule has 0 saturated carbocycles. The van der Waals surface area contributed by atoms with E-state index in [0.29, 0.717) is 6.04 Å². The van der Waals surface area contributed by atoms with Gasteiger partial charge in [-0.2, -0.15) is 0 Å². The van der Waals surface area contributed by atoms with Crippen LogP contribution in [-0.4, -0.2) is 42.6 Å². The molecule has 3 unspecified atom stereocenters. The van der Waals surface area contributed by atoms with Crippen LogP contribution in [-0.2, 0) is 4.74 Å². The number of amidine groups is 1. The van der Waals surface area contributed by atoms with E-state index in [-0.39, 0.29) is 18.0 Å². The first-order chi connectivity index (χ1) is 6.57. The molecule has 0 spiro atoms.